The molecule has 0 saturated heterocycles. The molecule has 0 bridgehead atoms. The summed E-state index contributed by atoms with van der Waals surface area (Å²) >= 11 is 0. The molecule has 0 atom stereocenters. The molecule has 0 N–H and O–H groups in total. The van der Waals surface area contributed by atoms with Crippen molar-refractivity contribution >= 4 is 39.3 Å². The van der Waals surface area contributed by atoms with Crippen molar-refractivity contribution in [2.24, 2.45) is 0 Å². The number of hydrogen-bond donors (Lipinski definition) is 0. The summed E-state index contributed by atoms with van der Waals surface area (Å²) in [4.78, 5) is -1.61. The van der Waals surface area contributed by atoms with E-state index >= 15 is 0 Å². The molecule has 3 heterocycles. The van der Waals surface area contributed by atoms with E-state index in [0.29, 0.717) is 24.3 Å². The second-order valence-corrected chi connectivity index (χ2v) is 18.1. The summed E-state index contributed by atoms with van der Waals surface area (Å²) in [6.07, 6.45) is 0. The molecule has 2 aliphatic rings. The van der Waals surface area contributed by atoms with Gasteiger partial charge >= 0.3 is 0 Å². The summed E-state index contributed by atoms with van der Waals surface area (Å²) < 4.78 is 246. The molecule has 0 amide bonds. The van der Waals surface area contributed by atoms with Crippen LogP contribution in [0.4, 0.5) is 43.9 Å². The normalized spacial score (nSPS) is 15.3. The quantitative estimate of drug-likeness (QED) is 0.100. The highest BCUT2D eigenvalue weighted by Crippen LogP contribution is 2.49. The SMILES string of the molecule is O=S1(=O)c2cc(S(=O)(=O)c3c(F)c(F)c(F)c(F)c3F)ccc2-c2nc3c(nc21)-c1ccc(S(=O)(=O)c2c(F)c(F)c(F)c(F)c2F)cc1S3(=O)=O. The maximum Gasteiger partial charge on any atom is 0.226 e. The molecule has 0 saturated carbocycles. The van der Waals surface area contributed by atoms with E-state index in [1.54, 1.807) is 0 Å². The first-order valence-corrected chi connectivity index (χ1v) is 19.2. The van der Waals surface area contributed by atoms with Gasteiger partial charge in [-0.25, -0.2) is 87.5 Å². The van der Waals surface area contributed by atoms with Crippen LogP contribution >= 0.6 is 0 Å². The standard InChI is InChI=1S/C28H6F10N2O8S4/c29-13-15(31)19(35)25(20(36)16(13)32)49(41,42)7-1-3-9-11(5-7)51(45,46)27-23(9)39-28-24(40-27)10-4-2-8(6-12(10)52(28,47)48)50(43,44)26-21(37)17(33)14(30)18(34)22(26)38/h1-6H. The molecule has 0 spiro atoms. The highest BCUT2D eigenvalue weighted by atomic mass is 32.2. The van der Waals surface area contributed by atoms with E-state index in [-0.39, 0.29) is 12.1 Å². The van der Waals surface area contributed by atoms with Gasteiger partial charge in [-0.1, -0.05) is 12.1 Å². The number of nitrogens with zero attached hydrogens (tertiary/aromatic N) is 2. The Hall–Kier alpha value is -4.94. The zero-order valence-corrected chi connectivity index (χ0v) is 27.3. The lowest BCUT2D eigenvalue weighted by Gasteiger charge is -2.10. The Balaban J connectivity index is 1.36. The molecule has 0 unspecified atom stereocenters. The van der Waals surface area contributed by atoms with Gasteiger partial charge in [-0.05, 0) is 24.3 Å². The Labute approximate surface area is 282 Å². The van der Waals surface area contributed by atoms with Crippen LogP contribution in [0.3, 0.4) is 0 Å². The summed E-state index contributed by atoms with van der Waals surface area (Å²) in [7, 11) is -21.4. The third-order valence-corrected chi connectivity index (χ3v) is 14.8. The lowest BCUT2D eigenvalue weighted by atomic mass is 10.1. The Kier molecular flexibility index (Phi) is 7.36. The summed E-state index contributed by atoms with van der Waals surface area (Å²) in [6.45, 7) is 0. The molecule has 52 heavy (non-hydrogen) atoms. The third kappa shape index (κ3) is 4.40. The van der Waals surface area contributed by atoms with Crippen molar-refractivity contribution in [3.05, 3.63) is 94.6 Å². The Morgan fingerprint density at radius 1 is 0.423 bits per heavy atom. The van der Waals surface area contributed by atoms with Crippen LogP contribution < -0.4 is 0 Å². The number of benzene rings is 4. The fraction of sp³-hybridized carbons (Fsp3) is 0. The van der Waals surface area contributed by atoms with E-state index in [1.165, 1.54) is 0 Å². The van der Waals surface area contributed by atoms with Gasteiger partial charge in [0.15, 0.2) is 56.6 Å². The minimum absolute atomic E-state index is 0.269. The summed E-state index contributed by atoms with van der Waals surface area (Å²) in [5, 5.41) is -2.10. The average Bonchev–Trinajstić information content (AvgIpc) is 3.45. The predicted octanol–water partition coefficient (Wildman–Crippen LogP) is 5.16. The maximum atomic E-state index is 14.4. The third-order valence-electron chi connectivity index (χ3n) is 7.83. The molecule has 5 aromatic rings. The molecular formula is C28H6F10N2O8S4. The van der Waals surface area contributed by atoms with Crippen molar-refractivity contribution in [1.82, 2.24) is 9.97 Å². The molecule has 4 aromatic carbocycles. The molecular weight excluding hydrogens is 811 g/mol. The van der Waals surface area contributed by atoms with E-state index in [2.05, 4.69) is 9.97 Å². The number of sulfone groups is 4. The number of halogens is 10. The van der Waals surface area contributed by atoms with Crippen molar-refractivity contribution < 1.29 is 77.6 Å². The van der Waals surface area contributed by atoms with Crippen LogP contribution in [0.2, 0.25) is 0 Å². The van der Waals surface area contributed by atoms with Crippen LogP contribution in [0.15, 0.2) is 75.8 Å². The largest absolute Gasteiger partial charge is 0.231 e. The number of hydrogen-bond acceptors (Lipinski definition) is 10. The van der Waals surface area contributed by atoms with Gasteiger partial charge in [-0.2, -0.15) is 0 Å². The molecule has 7 rings (SSSR count). The van der Waals surface area contributed by atoms with Gasteiger partial charge in [0.1, 0.15) is 21.2 Å². The second kappa shape index (κ2) is 10.8. The van der Waals surface area contributed by atoms with Crippen LogP contribution in [-0.2, 0) is 39.3 Å². The van der Waals surface area contributed by atoms with Crippen molar-refractivity contribution in [2.75, 3.05) is 0 Å². The van der Waals surface area contributed by atoms with Crippen molar-refractivity contribution in [2.45, 2.75) is 39.4 Å². The van der Waals surface area contributed by atoms with Gasteiger partial charge in [0.05, 0.1) is 19.6 Å². The van der Waals surface area contributed by atoms with Crippen molar-refractivity contribution in [1.29, 1.82) is 0 Å². The van der Waals surface area contributed by atoms with E-state index in [1.807, 2.05) is 0 Å². The zero-order chi connectivity index (χ0) is 38.4. The van der Waals surface area contributed by atoms with E-state index in [0.717, 1.165) is 0 Å². The lowest BCUT2D eigenvalue weighted by molar-refractivity contribution is 0.357. The molecule has 24 heteroatoms. The second-order valence-electron chi connectivity index (χ2n) is 10.7. The highest BCUT2D eigenvalue weighted by Gasteiger charge is 2.45. The van der Waals surface area contributed by atoms with Gasteiger partial charge in [0.25, 0.3) is 0 Å². The molecule has 10 nitrogen and oxygen atoms in total. The van der Waals surface area contributed by atoms with E-state index < -0.39 is 159 Å². The Morgan fingerprint density at radius 3 is 0.981 bits per heavy atom. The van der Waals surface area contributed by atoms with Gasteiger partial charge in [0.2, 0.25) is 51.0 Å². The average molecular weight is 817 g/mol. The van der Waals surface area contributed by atoms with Crippen molar-refractivity contribution in [3.8, 4) is 22.5 Å². The minimum atomic E-state index is -5.69. The molecule has 0 radical (unpaired) electrons. The molecule has 1 aromatic heterocycles. The van der Waals surface area contributed by atoms with Crippen LogP contribution in [0.25, 0.3) is 22.5 Å². The van der Waals surface area contributed by atoms with Crippen LogP contribution in [-0.4, -0.2) is 43.6 Å². The molecule has 0 aliphatic carbocycles. The van der Waals surface area contributed by atoms with E-state index in [9.17, 15) is 77.6 Å². The molecule has 270 valence electrons. The number of aromatic nitrogens is 2. The highest BCUT2D eigenvalue weighted by molar-refractivity contribution is 7.93. The Bertz CT molecular complexity index is 2770. The lowest BCUT2D eigenvalue weighted by Crippen LogP contribution is -2.14. The first-order chi connectivity index (χ1) is 24.0. The zero-order valence-electron chi connectivity index (χ0n) is 24.0. The smallest absolute Gasteiger partial charge is 0.226 e. The van der Waals surface area contributed by atoms with Crippen LogP contribution in [0.5, 0.6) is 0 Å². The van der Waals surface area contributed by atoms with Gasteiger partial charge in [0, 0.05) is 11.1 Å². The first kappa shape index (κ1) is 35.5. The maximum absolute atomic E-state index is 14.4. The van der Waals surface area contributed by atoms with Crippen LogP contribution in [0, 0.1) is 58.2 Å². The van der Waals surface area contributed by atoms with Gasteiger partial charge < -0.3 is 0 Å². The molecule has 2 aliphatic heterocycles. The molecule has 0 fully saturated rings. The topological polar surface area (TPSA) is 162 Å². The summed E-state index contributed by atoms with van der Waals surface area (Å²) in [5.41, 5.74) is -2.66. The number of fused-ring (bicyclic) bond motifs is 6. The monoisotopic (exact) mass is 816 g/mol. The van der Waals surface area contributed by atoms with Crippen LogP contribution in [0.1, 0.15) is 0 Å². The predicted molar refractivity (Wildman–Crippen MR) is 147 cm³/mol. The summed E-state index contributed by atoms with van der Waals surface area (Å²) in [5.74, 6) is -26.9. The fourth-order valence-corrected chi connectivity index (χ4v) is 11.5. The first-order valence-electron chi connectivity index (χ1n) is 13.2. The van der Waals surface area contributed by atoms with Gasteiger partial charge in [-0.15, -0.1) is 0 Å². The number of rotatable bonds is 4. The summed E-state index contributed by atoms with van der Waals surface area (Å²) in [6, 6.07) is 2.78. The van der Waals surface area contributed by atoms with E-state index in [4.69, 9.17) is 0 Å². The van der Waals surface area contributed by atoms with Crippen molar-refractivity contribution in [3.63, 3.8) is 0 Å². The fourth-order valence-electron chi connectivity index (χ4n) is 5.39. The minimum Gasteiger partial charge on any atom is -0.231 e. The van der Waals surface area contributed by atoms with Gasteiger partial charge in [-0.3, -0.25) is 0 Å². The Morgan fingerprint density at radius 2 is 0.692 bits per heavy atom.